The summed E-state index contributed by atoms with van der Waals surface area (Å²) in [6.07, 6.45) is 5.88. The Kier molecular flexibility index (Phi) is 7.39. The molecule has 0 fully saturated rings. The van der Waals surface area contributed by atoms with E-state index in [1.54, 1.807) is 0 Å². The van der Waals surface area contributed by atoms with Gasteiger partial charge in [0.25, 0.3) is 0 Å². The molecule has 1 aromatic rings. The van der Waals surface area contributed by atoms with Crippen molar-refractivity contribution in [2.24, 2.45) is 0 Å². The number of carboxylic acid groups (broad SMARTS) is 1. The fourth-order valence-corrected chi connectivity index (χ4v) is 4.23. The van der Waals surface area contributed by atoms with Crippen LogP contribution in [0.15, 0.2) is 27.6 Å². The van der Waals surface area contributed by atoms with Gasteiger partial charge in [0.1, 0.15) is 0 Å². The van der Waals surface area contributed by atoms with Crippen molar-refractivity contribution < 1.29 is 18.3 Å². The maximum absolute atomic E-state index is 12.3. The highest BCUT2D eigenvalue weighted by Crippen LogP contribution is 2.23. The van der Waals surface area contributed by atoms with Gasteiger partial charge >= 0.3 is 5.97 Å². The molecule has 0 radical (unpaired) electrons. The van der Waals surface area contributed by atoms with Gasteiger partial charge in [-0.3, -0.25) is 0 Å². The van der Waals surface area contributed by atoms with E-state index in [-0.39, 0.29) is 16.2 Å². The van der Waals surface area contributed by atoms with E-state index < -0.39 is 15.8 Å². The van der Waals surface area contributed by atoms with Crippen LogP contribution in [-0.4, -0.2) is 25.2 Å². The van der Waals surface area contributed by atoms with Crippen LogP contribution in [0.2, 0.25) is 0 Å². The summed E-state index contributed by atoms with van der Waals surface area (Å²) in [5.41, 5.74) is -0.163. The number of hydrogen-bond acceptors (Lipinski definition) is 3. The lowest BCUT2D eigenvalue weighted by molar-refractivity contribution is 0.0692. The number of carboxylic acids is 1. The SMILES string of the molecule is CCCCCCCCS(=O)(=O)c1cc(Br)ccc1C(=O)O. The highest BCUT2D eigenvalue weighted by molar-refractivity contribution is 9.10. The third-order valence-corrected chi connectivity index (χ3v) is 5.60. The smallest absolute Gasteiger partial charge is 0.337 e. The van der Waals surface area contributed by atoms with Crippen molar-refractivity contribution in [3.8, 4) is 0 Å². The van der Waals surface area contributed by atoms with Crippen LogP contribution in [0.25, 0.3) is 0 Å². The number of rotatable bonds is 9. The van der Waals surface area contributed by atoms with E-state index >= 15 is 0 Å². The number of sulfone groups is 1. The number of benzene rings is 1. The Hall–Kier alpha value is -0.880. The monoisotopic (exact) mass is 376 g/mol. The molecule has 0 saturated heterocycles. The largest absolute Gasteiger partial charge is 0.478 e. The summed E-state index contributed by atoms with van der Waals surface area (Å²) in [6.45, 7) is 2.13. The van der Waals surface area contributed by atoms with Crippen LogP contribution in [0.1, 0.15) is 55.8 Å². The summed E-state index contributed by atoms with van der Waals surface area (Å²) in [5.74, 6) is -1.22. The van der Waals surface area contributed by atoms with Crippen LogP contribution in [0.4, 0.5) is 0 Å². The summed E-state index contributed by atoms with van der Waals surface area (Å²) in [7, 11) is -3.56. The number of halogens is 1. The first kappa shape index (κ1) is 18.2. The third kappa shape index (κ3) is 5.79. The van der Waals surface area contributed by atoms with E-state index in [0.29, 0.717) is 10.9 Å². The number of unbranched alkanes of at least 4 members (excludes halogenated alkanes) is 5. The van der Waals surface area contributed by atoms with E-state index in [2.05, 4.69) is 22.9 Å². The Labute approximate surface area is 134 Å². The molecule has 21 heavy (non-hydrogen) atoms. The van der Waals surface area contributed by atoms with Gasteiger partial charge in [-0.05, 0) is 24.6 Å². The molecule has 0 aliphatic heterocycles. The van der Waals surface area contributed by atoms with E-state index in [1.165, 1.54) is 24.6 Å². The standard InChI is InChI=1S/C15H21BrO4S/c1-2-3-4-5-6-7-10-21(19,20)14-11-12(16)8-9-13(14)15(17)18/h8-9,11H,2-7,10H2,1H3,(H,17,18). The van der Waals surface area contributed by atoms with Gasteiger partial charge in [-0.25, -0.2) is 13.2 Å². The van der Waals surface area contributed by atoms with Crippen LogP contribution in [0.3, 0.4) is 0 Å². The fraction of sp³-hybridized carbons (Fsp3) is 0.533. The lowest BCUT2D eigenvalue weighted by atomic mass is 10.1. The summed E-state index contributed by atoms with van der Waals surface area (Å²) in [6, 6.07) is 4.23. The van der Waals surface area contributed by atoms with Crippen molar-refractivity contribution in [2.45, 2.75) is 50.3 Å². The first-order valence-corrected chi connectivity index (χ1v) is 9.58. The minimum absolute atomic E-state index is 0.00411. The third-order valence-electron chi connectivity index (χ3n) is 3.28. The maximum Gasteiger partial charge on any atom is 0.337 e. The molecule has 1 N–H and O–H groups in total. The number of carbonyl (C=O) groups is 1. The number of aromatic carboxylic acids is 1. The minimum atomic E-state index is -3.56. The van der Waals surface area contributed by atoms with Gasteiger partial charge in [0.15, 0.2) is 9.84 Å². The highest BCUT2D eigenvalue weighted by Gasteiger charge is 2.22. The van der Waals surface area contributed by atoms with Crippen molar-refractivity contribution in [1.29, 1.82) is 0 Å². The van der Waals surface area contributed by atoms with Crippen LogP contribution in [-0.2, 0) is 9.84 Å². The molecule has 1 rings (SSSR count). The molecule has 0 aromatic heterocycles. The van der Waals surface area contributed by atoms with E-state index in [4.69, 9.17) is 5.11 Å². The van der Waals surface area contributed by atoms with Crippen molar-refractivity contribution in [2.75, 3.05) is 5.75 Å². The molecular formula is C15H21BrO4S. The Morgan fingerprint density at radius 2 is 1.76 bits per heavy atom. The first-order chi connectivity index (χ1) is 9.88. The molecule has 4 nitrogen and oxygen atoms in total. The normalized spacial score (nSPS) is 11.5. The molecule has 0 heterocycles. The predicted octanol–water partition coefficient (Wildman–Crippen LogP) is 4.28. The lowest BCUT2D eigenvalue weighted by Crippen LogP contribution is -2.12. The zero-order valence-corrected chi connectivity index (χ0v) is 14.5. The Bertz CT molecular complexity index is 581. The Morgan fingerprint density at radius 1 is 1.14 bits per heavy atom. The topological polar surface area (TPSA) is 71.4 Å². The van der Waals surface area contributed by atoms with E-state index in [1.807, 2.05) is 0 Å². The zero-order valence-electron chi connectivity index (χ0n) is 12.1. The van der Waals surface area contributed by atoms with Crippen molar-refractivity contribution in [1.82, 2.24) is 0 Å². The van der Waals surface area contributed by atoms with Gasteiger partial charge in [0.2, 0.25) is 0 Å². The molecule has 0 aliphatic carbocycles. The van der Waals surface area contributed by atoms with Crippen LogP contribution in [0.5, 0.6) is 0 Å². The second-order valence-corrected chi connectivity index (χ2v) is 8.03. The van der Waals surface area contributed by atoms with E-state index in [0.717, 1.165) is 25.7 Å². The van der Waals surface area contributed by atoms with E-state index in [9.17, 15) is 13.2 Å². The second kappa shape index (κ2) is 8.54. The summed E-state index contributed by atoms with van der Waals surface area (Å²) < 4.78 is 25.2. The van der Waals surface area contributed by atoms with Gasteiger partial charge < -0.3 is 5.11 Å². The predicted molar refractivity (Wildman–Crippen MR) is 86.5 cm³/mol. The fourth-order valence-electron chi connectivity index (χ4n) is 2.11. The van der Waals surface area contributed by atoms with Crippen LogP contribution < -0.4 is 0 Å². The summed E-state index contributed by atoms with van der Waals surface area (Å²) in [5, 5.41) is 9.11. The molecular weight excluding hydrogens is 356 g/mol. The second-order valence-electron chi connectivity index (χ2n) is 5.03. The van der Waals surface area contributed by atoms with Crippen molar-refractivity contribution in [3.63, 3.8) is 0 Å². The molecule has 1 aromatic carbocycles. The molecule has 0 bridgehead atoms. The molecule has 0 saturated carbocycles. The summed E-state index contributed by atoms with van der Waals surface area (Å²) in [4.78, 5) is 11.0. The lowest BCUT2D eigenvalue weighted by Gasteiger charge is -2.08. The van der Waals surface area contributed by atoms with Crippen LogP contribution >= 0.6 is 15.9 Å². The molecule has 0 aliphatic rings. The quantitative estimate of drug-likeness (QED) is 0.652. The summed E-state index contributed by atoms with van der Waals surface area (Å²) >= 11 is 3.19. The zero-order chi connectivity index (χ0) is 15.9. The van der Waals surface area contributed by atoms with Gasteiger partial charge in [-0.15, -0.1) is 0 Å². The minimum Gasteiger partial charge on any atom is -0.478 e. The van der Waals surface area contributed by atoms with Crippen LogP contribution in [0, 0.1) is 0 Å². The maximum atomic E-state index is 12.3. The van der Waals surface area contributed by atoms with Gasteiger partial charge in [0.05, 0.1) is 16.2 Å². The van der Waals surface area contributed by atoms with Crippen molar-refractivity contribution >= 4 is 31.7 Å². The molecule has 0 atom stereocenters. The highest BCUT2D eigenvalue weighted by atomic mass is 79.9. The first-order valence-electron chi connectivity index (χ1n) is 7.14. The molecule has 6 heteroatoms. The average Bonchev–Trinajstić information content (AvgIpc) is 2.42. The number of hydrogen-bond donors (Lipinski definition) is 1. The average molecular weight is 377 g/mol. The molecule has 0 amide bonds. The molecule has 0 spiro atoms. The molecule has 0 unspecified atom stereocenters. The molecule has 118 valence electrons. The van der Waals surface area contributed by atoms with Gasteiger partial charge in [-0.1, -0.05) is 55.0 Å². The Balaban J connectivity index is 2.74. The van der Waals surface area contributed by atoms with Gasteiger partial charge in [0, 0.05) is 4.47 Å². The van der Waals surface area contributed by atoms with Gasteiger partial charge in [-0.2, -0.15) is 0 Å². The Morgan fingerprint density at radius 3 is 2.38 bits per heavy atom. The van der Waals surface area contributed by atoms with Crippen molar-refractivity contribution in [3.05, 3.63) is 28.2 Å².